The summed E-state index contributed by atoms with van der Waals surface area (Å²) < 4.78 is 5.24. The number of anilines is 1. The summed E-state index contributed by atoms with van der Waals surface area (Å²) in [5.41, 5.74) is 5.41. The van der Waals surface area contributed by atoms with Crippen molar-refractivity contribution in [2.75, 3.05) is 18.1 Å². The average Bonchev–Trinajstić information content (AvgIpc) is 3.10. The number of nitrogens with zero attached hydrogens (tertiary/aromatic N) is 3. The minimum atomic E-state index is -0.544. The lowest BCUT2D eigenvalue weighted by atomic mass is 10.2. The van der Waals surface area contributed by atoms with Crippen LogP contribution in [0.3, 0.4) is 0 Å². The maximum absolute atomic E-state index is 12.5. The van der Waals surface area contributed by atoms with E-state index in [1.165, 1.54) is 0 Å². The number of ether oxygens (including phenoxy) is 1. The second-order valence-corrected chi connectivity index (χ2v) is 6.60. The van der Waals surface area contributed by atoms with Gasteiger partial charge < -0.3 is 9.64 Å². The van der Waals surface area contributed by atoms with Gasteiger partial charge in [0.05, 0.1) is 28.0 Å². The van der Waals surface area contributed by atoms with E-state index in [2.05, 4.69) is 9.97 Å². The molecule has 0 N–H and O–H groups in total. The van der Waals surface area contributed by atoms with Crippen LogP contribution in [0.2, 0.25) is 0 Å². The molecule has 2 heterocycles. The fraction of sp³-hybridized carbons (Fsp3) is 0.238. The van der Waals surface area contributed by atoms with Crippen LogP contribution in [0, 0.1) is 13.8 Å². The van der Waals surface area contributed by atoms with Gasteiger partial charge in [0, 0.05) is 12.2 Å². The van der Waals surface area contributed by atoms with Crippen LogP contribution >= 0.6 is 0 Å². The van der Waals surface area contributed by atoms with Crippen LogP contribution in [0.25, 0.3) is 11.0 Å². The lowest BCUT2D eigenvalue weighted by molar-refractivity contribution is -0.121. The van der Waals surface area contributed by atoms with E-state index in [4.69, 9.17) is 4.74 Å². The summed E-state index contributed by atoms with van der Waals surface area (Å²) in [6.07, 6.45) is 0.817. The molecule has 136 valence electrons. The molecule has 1 aliphatic heterocycles. The quantitative estimate of drug-likeness (QED) is 0.671. The molecular formula is C21H19N3O3. The van der Waals surface area contributed by atoms with E-state index >= 15 is 0 Å². The number of amides is 1. The highest BCUT2D eigenvalue weighted by molar-refractivity contribution is 5.99. The largest absolute Gasteiger partial charge is 0.452 e. The van der Waals surface area contributed by atoms with Crippen molar-refractivity contribution in [1.82, 2.24) is 9.97 Å². The minimum Gasteiger partial charge on any atom is -0.452 e. The standard InChI is InChI=1S/C21H19N3O3/c1-13-14(2)23-18-11-16(7-8-17(18)22-13)21(26)27-12-20(25)24-10-9-15-5-3-4-6-19(15)24/h3-8,11H,9-10,12H2,1-2H3. The lowest BCUT2D eigenvalue weighted by Crippen LogP contribution is -2.33. The van der Waals surface area contributed by atoms with Gasteiger partial charge in [-0.1, -0.05) is 18.2 Å². The Hall–Kier alpha value is -3.28. The maximum atomic E-state index is 12.5. The van der Waals surface area contributed by atoms with Crippen LogP contribution in [-0.2, 0) is 16.0 Å². The van der Waals surface area contributed by atoms with Gasteiger partial charge in [-0.2, -0.15) is 0 Å². The predicted molar refractivity (Wildman–Crippen MR) is 102 cm³/mol. The van der Waals surface area contributed by atoms with Crippen molar-refractivity contribution < 1.29 is 14.3 Å². The molecule has 1 aromatic heterocycles. The van der Waals surface area contributed by atoms with Crippen LogP contribution in [0.5, 0.6) is 0 Å². The van der Waals surface area contributed by atoms with Crippen molar-refractivity contribution in [1.29, 1.82) is 0 Å². The molecule has 0 radical (unpaired) electrons. The summed E-state index contributed by atoms with van der Waals surface area (Å²) in [7, 11) is 0. The molecule has 0 atom stereocenters. The number of para-hydroxylation sites is 1. The van der Waals surface area contributed by atoms with Crippen molar-refractivity contribution in [2.45, 2.75) is 20.3 Å². The third kappa shape index (κ3) is 3.26. The first-order chi connectivity index (χ1) is 13.0. The number of aryl methyl sites for hydroxylation is 2. The van der Waals surface area contributed by atoms with E-state index in [0.29, 0.717) is 17.6 Å². The number of carbonyl (C=O) groups excluding carboxylic acids is 2. The number of esters is 1. The molecule has 6 nitrogen and oxygen atoms in total. The number of hydrogen-bond acceptors (Lipinski definition) is 5. The summed E-state index contributed by atoms with van der Waals surface area (Å²) in [5, 5.41) is 0. The Labute approximate surface area is 156 Å². The van der Waals surface area contributed by atoms with Gasteiger partial charge in [-0.3, -0.25) is 4.79 Å². The van der Waals surface area contributed by atoms with E-state index < -0.39 is 5.97 Å². The fourth-order valence-electron chi connectivity index (χ4n) is 3.24. The number of aromatic nitrogens is 2. The van der Waals surface area contributed by atoms with Crippen molar-refractivity contribution in [3.8, 4) is 0 Å². The van der Waals surface area contributed by atoms with E-state index in [0.717, 1.165) is 34.6 Å². The molecule has 0 saturated heterocycles. The fourth-order valence-corrected chi connectivity index (χ4v) is 3.24. The molecule has 0 aliphatic carbocycles. The normalized spacial score (nSPS) is 12.9. The first-order valence-electron chi connectivity index (χ1n) is 8.83. The zero-order valence-corrected chi connectivity index (χ0v) is 15.2. The third-order valence-electron chi connectivity index (χ3n) is 4.83. The molecule has 0 saturated carbocycles. The minimum absolute atomic E-state index is 0.222. The summed E-state index contributed by atoms with van der Waals surface area (Å²) in [6.45, 7) is 4.09. The van der Waals surface area contributed by atoms with Crippen molar-refractivity contribution >= 4 is 28.6 Å². The number of rotatable bonds is 3. The molecule has 6 heteroatoms. The van der Waals surface area contributed by atoms with Crippen LogP contribution in [-0.4, -0.2) is 35.0 Å². The first kappa shape index (κ1) is 17.1. The van der Waals surface area contributed by atoms with Gasteiger partial charge in [-0.05, 0) is 50.1 Å². The topological polar surface area (TPSA) is 72.4 Å². The molecule has 0 fully saturated rings. The second kappa shape index (κ2) is 6.79. The Balaban J connectivity index is 1.46. The average molecular weight is 361 g/mol. The molecule has 3 aromatic rings. The van der Waals surface area contributed by atoms with Crippen molar-refractivity contribution in [3.05, 3.63) is 65.0 Å². The number of fused-ring (bicyclic) bond motifs is 2. The Morgan fingerprint density at radius 1 is 1.04 bits per heavy atom. The predicted octanol–water partition coefficient (Wildman–Crippen LogP) is 2.99. The highest BCUT2D eigenvalue weighted by Gasteiger charge is 2.25. The van der Waals surface area contributed by atoms with Gasteiger partial charge in [0.1, 0.15) is 0 Å². The second-order valence-electron chi connectivity index (χ2n) is 6.60. The zero-order valence-electron chi connectivity index (χ0n) is 15.2. The van der Waals surface area contributed by atoms with Crippen molar-refractivity contribution in [3.63, 3.8) is 0 Å². The molecule has 0 unspecified atom stereocenters. The van der Waals surface area contributed by atoms with E-state index in [1.54, 1.807) is 23.1 Å². The molecule has 2 aromatic carbocycles. The Morgan fingerprint density at radius 3 is 2.59 bits per heavy atom. The maximum Gasteiger partial charge on any atom is 0.338 e. The molecule has 0 bridgehead atoms. The van der Waals surface area contributed by atoms with Crippen LogP contribution in [0.15, 0.2) is 42.5 Å². The van der Waals surface area contributed by atoms with Crippen LogP contribution in [0.1, 0.15) is 27.3 Å². The summed E-state index contributed by atoms with van der Waals surface area (Å²) >= 11 is 0. The Morgan fingerprint density at radius 2 is 1.78 bits per heavy atom. The molecule has 1 aliphatic rings. The third-order valence-corrected chi connectivity index (χ3v) is 4.83. The number of carbonyl (C=O) groups is 2. The van der Waals surface area contributed by atoms with Gasteiger partial charge >= 0.3 is 5.97 Å². The van der Waals surface area contributed by atoms with Crippen molar-refractivity contribution in [2.24, 2.45) is 0 Å². The van der Waals surface area contributed by atoms with Gasteiger partial charge in [0.2, 0.25) is 0 Å². The highest BCUT2D eigenvalue weighted by atomic mass is 16.5. The zero-order chi connectivity index (χ0) is 19.0. The number of hydrogen-bond donors (Lipinski definition) is 0. The van der Waals surface area contributed by atoms with Crippen LogP contribution in [0.4, 0.5) is 5.69 Å². The van der Waals surface area contributed by atoms with Gasteiger partial charge in [-0.15, -0.1) is 0 Å². The van der Waals surface area contributed by atoms with Crippen LogP contribution < -0.4 is 4.90 Å². The lowest BCUT2D eigenvalue weighted by Gasteiger charge is -2.17. The molecular weight excluding hydrogens is 342 g/mol. The summed E-state index contributed by atoms with van der Waals surface area (Å²) in [6, 6.07) is 12.8. The van der Waals surface area contributed by atoms with E-state index in [9.17, 15) is 9.59 Å². The molecule has 0 spiro atoms. The highest BCUT2D eigenvalue weighted by Crippen LogP contribution is 2.27. The number of benzene rings is 2. The van der Waals surface area contributed by atoms with E-state index in [1.807, 2.05) is 38.1 Å². The van der Waals surface area contributed by atoms with E-state index in [-0.39, 0.29) is 12.5 Å². The monoisotopic (exact) mass is 361 g/mol. The smallest absolute Gasteiger partial charge is 0.338 e. The summed E-state index contributed by atoms with van der Waals surface area (Å²) in [4.78, 5) is 35.4. The Kier molecular flexibility index (Phi) is 4.32. The van der Waals surface area contributed by atoms with Gasteiger partial charge in [0.25, 0.3) is 5.91 Å². The molecule has 27 heavy (non-hydrogen) atoms. The summed E-state index contributed by atoms with van der Waals surface area (Å²) in [5.74, 6) is -0.766. The molecule has 1 amide bonds. The first-order valence-corrected chi connectivity index (χ1v) is 8.83. The SMILES string of the molecule is Cc1nc2ccc(C(=O)OCC(=O)N3CCc4ccccc43)cc2nc1C. The Bertz CT molecular complexity index is 1060. The van der Waals surface area contributed by atoms with Gasteiger partial charge in [0.15, 0.2) is 6.61 Å². The molecule has 4 rings (SSSR count). The van der Waals surface area contributed by atoms with Gasteiger partial charge in [-0.25, -0.2) is 14.8 Å².